The van der Waals surface area contributed by atoms with Crippen LogP contribution in [0.25, 0.3) is 5.57 Å². The van der Waals surface area contributed by atoms with E-state index in [0.29, 0.717) is 23.3 Å². The van der Waals surface area contributed by atoms with Crippen LogP contribution >= 0.6 is 0 Å². The third kappa shape index (κ3) is 3.80. The van der Waals surface area contributed by atoms with Crippen molar-refractivity contribution in [1.82, 2.24) is 0 Å². The van der Waals surface area contributed by atoms with Gasteiger partial charge in [0.15, 0.2) is 0 Å². The molecule has 33 heavy (non-hydrogen) atoms. The number of cyclic esters (lactones) is 1. The summed E-state index contributed by atoms with van der Waals surface area (Å²) < 4.78 is 22.0. The second kappa shape index (κ2) is 8.12. The first-order valence-corrected chi connectivity index (χ1v) is 10.5. The predicted octanol–water partition coefficient (Wildman–Crippen LogP) is 2.54. The van der Waals surface area contributed by atoms with Gasteiger partial charge in [0, 0.05) is 12.8 Å². The van der Waals surface area contributed by atoms with Gasteiger partial charge in [-0.25, -0.2) is 9.59 Å². The average Bonchev–Trinajstić information content (AvgIpc) is 3.06. The van der Waals surface area contributed by atoms with Gasteiger partial charge in [0.25, 0.3) is 0 Å². The molecule has 2 atom stereocenters. The van der Waals surface area contributed by atoms with Gasteiger partial charge in [-0.3, -0.25) is 0 Å². The zero-order valence-corrected chi connectivity index (χ0v) is 18.9. The summed E-state index contributed by atoms with van der Waals surface area (Å²) in [5.41, 5.74) is -0.362. The number of carbonyl (C=O) groups is 2. The molecule has 2 heterocycles. The molecule has 0 aromatic heterocycles. The molecule has 2 aromatic rings. The first-order valence-electron chi connectivity index (χ1n) is 10.5. The molecule has 0 bridgehead atoms. The maximum Gasteiger partial charge on any atom is 0.375 e. The lowest BCUT2D eigenvalue weighted by Gasteiger charge is -2.37. The van der Waals surface area contributed by atoms with Gasteiger partial charge in [-0.2, -0.15) is 0 Å². The highest BCUT2D eigenvalue weighted by atomic mass is 16.6. The summed E-state index contributed by atoms with van der Waals surface area (Å²) in [4.78, 5) is 25.8. The summed E-state index contributed by atoms with van der Waals surface area (Å²) in [5.74, 6) is -0.977. The zero-order chi connectivity index (χ0) is 24.0. The topological polar surface area (TPSA) is 112 Å². The molecule has 0 radical (unpaired) electrons. The Morgan fingerprint density at radius 2 is 1.82 bits per heavy atom. The number of aromatic hydroxyl groups is 1. The molecule has 174 valence electrons. The summed E-state index contributed by atoms with van der Waals surface area (Å²) in [5, 5.41) is 20.1. The largest absolute Gasteiger partial charge is 0.508 e. The number of aliphatic hydroxyl groups excluding tert-OH is 1. The standard InChI is InChI=1S/C25H26O8/c1-24(2)19(27)12-16-11-14(5-10-18(16)32-24)13-25(23(29)31-4)20(21(30-3)22(28)33-25)15-6-8-17(26)9-7-15/h5-11,19,26-27H,12-13H2,1-4H3. The lowest BCUT2D eigenvalue weighted by Crippen LogP contribution is -2.46. The van der Waals surface area contributed by atoms with E-state index in [0.717, 1.165) is 5.56 Å². The van der Waals surface area contributed by atoms with Gasteiger partial charge in [-0.05, 0) is 48.7 Å². The van der Waals surface area contributed by atoms with Crippen molar-refractivity contribution < 1.29 is 38.7 Å². The van der Waals surface area contributed by atoms with Crippen molar-refractivity contribution in [2.45, 2.75) is 44.0 Å². The van der Waals surface area contributed by atoms with Gasteiger partial charge < -0.3 is 29.2 Å². The molecule has 0 saturated carbocycles. The molecule has 0 aliphatic carbocycles. The Kier molecular flexibility index (Phi) is 5.57. The molecule has 2 N–H and O–H groups in total. The quantitative estimate of drug-likeness (QED) is 0.663. The van der Waals surface area contributed by atoms with Crippen molar-refractivity contribution in [3.8, 4) is 11.5 Å². The van der Waals surface area contributed by atoms with E-state index in [1.807, 2.05) is 19.9 Å². The highest BCUT2D eigenvalue weighted by molar-refractivity contribution is 6.11. The summed E-state index contributed by atoms with van der Waals surface area (Å²) in [7, 11) is 2.54. The highest BCUT2D eigenvalue weighted by Crippen LogP contribution is 2.44. The van der Waals surface area contributed by atoms with Gasteiger partial charge in [0.05, 0.1) is 25.9 Å². The first-order chi connectivity index (χ1) is 15.6. The predicted molar refractivity (Wildman–Crippen MR) is 117 cm³/mol. The number of phenolic OH excluding ortho intramolecular Hbond substituents is 1. The lowest BCUT2D eigenvalue weighted by atomic mass is 9.82. The number of methoxy groups -OCH3 is 2. The van der Waals surface area contributed by atoms with E-state index in [9.17, 15) is 19.8 Å². The van der Waals surface area contributed by atoms with Crippen LogP contribution in [0.4, 0.5) is 0 Å². The third-order valence-electron chi connectivity index (χ3n) is 6.13. The van der Waals surface area contributed by atoms with E-state index in [-0.39, 0.29) is 23.5 Å². The summed E-state index contributed by atoms with van der Waals surface area (Å²) >= 11 is 0. The average molecular weight is 454 g/mol. The zero-order valence-electron chi connectivity index (χ0n) is 18.9. The molecule has 8 heteroatoms. The van der Waals surface area contributed by atoms with Gasteiger partial charge in [-0.15, -0.1) is 0 Å². The van der Waals surface area contributed by atoms with Crippen LogP contribution in [0.5, 0.6) is 11.5 Å². The van der Waals surface area contributed by atoms with Crippen molar-refractivity contribution in [3.63, 3.8) is 0 Å². The number of fused-ring (bicyclic) bond motifs is 1. The van der Waals surface area contributed by atoms with E-state index in [4.69, 9.17) is 18.9 Å². The Hall–Kier alpha value is -3.52. The van der Waals surface area contributed by atoms with Crippen LogP contribution < -0.4 is 4.74 Å². The lowest BCUT2D eigenvalue weighted by molar-refractivity contribution is -0.169. The second-order valence-corrected chi connectivity index (χ2v) is 8.71. The fourth-order valence-corrected chi connectivity index (χ4v) is 4.32. The second-order valence-electron chi connectivity index (χ2n) is 8.71. The van der Waals surface area contributed by atoms with Crippen LogP contribution in [0.15, 0.2) is 48.2 Å². The van der Waals surface area contributed by atoms with Gasteiger partial charge in [0.1, 0.15) is 17.1 Å². The van der Waals surface area contributed by atoms with Crippen LogP contribution in [0.3, 0.4) is 0 Å². The van der Waals surface area contributed by atoms with Crippen molar-refractivity contribution in [2.24, 2.45) is 0 Å². The summed E-state index contributed by atoms with van der Waals surface area (Å²) in [6.07, 6.45) is -0.349. The first kappa shape index (κ1) is 22.7. The maximum absolute atomic E-state index is 13.1. The van der Waals surface area contributed by atoms with Crippen LogP contribution in [0.1, 0.15) is 30.5 Å². The van der Waals surface area contributed by atoms with Crippen LogP contribution in [0, 0.1) is 0 Å². The van der Waals surface area contributed by atoms with E-state index >= 15 is 0 Å². The molecule has 2 aromatic carbocycles. The molecule has 2 unspecified atom stereocenters. The fourth-order valence-electron chi connectivity index (χ4n) is 4.32. The molecule has 2 aliphatic heterocycles. The SMILES string of the molecule is COC(=O)C1(Cc2ccc3c(c2)CC(O)C(C)(C)O3)OC(=O)C(OC)=C1c1ccc(O)cc1. The van der Waals surface area contributed by atoms with E-state index < -0.39 is 29.2 Å². The van der Waals surface area contributed by atoms with Crippen molar-refractivity contribution >= 4 is 17.5 Å². The van der Waals surface area contributed by atoms with E-state index in [1.54, 1.807) is 24.3 Å². The number of hydrogen-bond acceptors (Lipinski definition) is 8. The number of carbonyl (C=O) groups excluding carboxylic acids is 2. The van der Waals surface area contributed by atoms with E-state index in [1.165, 1.54) is 26.4 Å². The van der Waals surface area contributed by atoms with Crippen molar-refractivity contribution in [1.29, 1.82) is 0 Å². The molecule has 2 aliphatic rings. The normalized spacial score (nSPS) is 23.4. The number of hydrogen-bond donors (Lipinski definition) is 2. The number of phenols is 1. The third-order valence-corrected chi connectivity index (χ3v) is 6.13. The van der Waals surface area contributed by atoms with Crippen LogP contribution in [-0.2, 0) is 36.6 Å². The molecule has 0 saturated heterocycles. The van der Waals surface area contributed by atoms with Crippen LogP contribution in [0.2, 0.25) is 0 Å². The minimum absolute atomic E-state index is 0.0265. The Bertz CT molecular complexity index is 1130. The minimum Gasteiger partial charge on any atom is -0.508 e. The molecule has 8 nitrogen and oxygen atoms in total. The molecule has 0 spiro atoms. The molecular weight excluding hydrogens is 428 g/mol. The molecule has 4 rings (SSSR count). The molecule has 0 amide bonds. The number of esters is 2. The number of benzene rings is 2. The molecule has 0 fully saturated rings. The fraction of sp³-hybridized carbons (Fsp3) is 0.360. The van der Waals surface area contributed by atoms with Crippen molar-refractivity contribution in [2.75, 3.05) is 14.2 Å². The Labute approximate surface area is 191 Å². The highest BCUT2D eigenvalue weighted by Gasteiger charge is 2.56. The Morgan fingerprint density at radius 1 is 1.12 bits per heavy atom. The maximum atomic E-state index is 13.1. The van der Waals surface area contributed by atoms with Gasteiger partial charge in [0.2, 0.25) is 11.4 Å². The van der Waals surface area contributed by atoms with Gasteiger partial charge in [-0.1, -0.05) is 24.3 Å². The van der Waals surface area contributed by atoms with Crippen LogP contribution in [-0.4, -0.2) is 53.7 Å². The molecular formula is C25H26O8. The number of ether oxygens (including phenoxy) is 4. The number of rotatable bonds is 5. The Morgan fingerprint density at radius 3 is 2.45 bits per heavy atom. The monoisotopic (exact) mass is 454 g/mol. The summed E-state index contributed by atoms with van der Waals surface area (Å²) in [6, 6.07) is 11.4. The van der Waals surface area contributed by atoms with Crippen molar-refractivity contribution in [3.05, 3.63) is 64.9 Å². The van der Waals surface area contributed by atoms with Gasteiger partial charge >= 0.3 is 11.9 Å². The smallest absolute Gasteiger partial charge is 0.375 e. The Balaban J connectivity index is 1.81. The van der Waals surface area contributed by atoms with E-state index in [2.05, 4.69) is 0 Å². The number of aliphatic hydroxyl groups is 1. The minimum atomic E-state index is -1.80. The summed E-state index contributed by atoms with van der Waals surface area (Å²) in [6.45, 7) is 3.64.